The first-order chi connectivity index (χ1) is 16.5. The van der Waals surface area contributed by atoms with Crippen molar-refractivity contribution in [3.63, 3.8) is 0 Å². The molecule has 2 atom stereocenters. The summed E-state index contributed by atoms with van der Waals surface area (Å²) in [4.78, 5) is 60.5. The number of amides is 2. The van der Waals surface area contributed by atoms with E-state index < -0.39 is 41.8 Å². The Kier molecular flexibility index (Phi) is 10.1. The van der Waals surface area contributed by atoms with E-state index in [9.17, 15) is 29.1 Å². The molecule has 0 aromatic heterocycles. The zero-order valence-electron chi connectivity index (χ0n) is 19.8. The molecule has 1 aromatic rings. The van der Waals surface area contributed by atoms with Gasteiger partial charge in [-0.25, -0.2) is 4.79 Å². The highest BCUT2D eigenvalue weighted by Crippen LogP contribution is 2.35. The minimum atomic E-state index is -1.27. The van der Waals surface area contributed by atoms with Crippen LogP contribution >= 0.6 is 11.8 Å². The lowest BCUT2D eigenvalue weighted by molar-refractivity contribution is -0.150. The number of rotatable bonds is 13. The van der Waals surface area contributed by atoms with E-state index in [0.717, 1.165) is 4.90 Å². The fourth-order valence-electron chi connectivity index (χ4n) is 3.20. The molecule has 1 aliphatic heterocycles. The van der Waals surface area contributed by atoms with Crippen molar-refractivity contribution < 1.29 is 43.3 Å². The van der Waals surface area contributed by atoms with Gasteiger partial charge in [0.25, 0.3) is 18.3 Å². The summed E-state index contributed by atoms with van der Waals surface area (Å²) in [5.74, 6) is -2.12. The zero-order chi connectivity index (χ0) is 26.1. The van der Waals surface area contributed by atoms with Crippen molar-refractivity contribution in [3.05, 3.63) is 35.5 Å². The van der Waals surface area contributed by atoms with Crippen molar-refractivity contribution >= 4 is 42.0 Å². The van der Waals surface area contributed by atoms with Crippen LogP contribution < -0.4 is 14.8 Å². The predicted molar refractivity (Wildman–Crippen MR) is 126 cm³/mol. The van der Waals surface area contributed by atoms with Crippen molar-refractivity contribution in [1.29, 1.82) is 0 Å². The Morgan fingerprint density at radius 2 is 1.91 bits per heavy atom. The van der Waals surface area contributed by atoms with E-state index in [1.165, 1.54) is 23.9 Å². The molecule has 0 spiro atoms. The number of hydrogen-bond donors (Lipinski definition) is 2. The van der Waals surface area contributed by atoms with Gasteiger partial charge in [0.05, 0.1) is 12.5 Å². The Labute approximate surface area is 206 Å². The number of carbonyl (C=O) groups is 5. The van der Waals surface area contributed by atoms with E-state index in [-0.39, 0.29) is 41.9 Å². The fourth-order valence-corrected chi connectivity index (χ4v) is 4.47. The summed E-state index contributed by atoms with van der Waals surface area (Å²) >= 11 is 1.17. The number of esters is 1. The smallest absolute Gasteiger partial charge is 0.352 e. The molecule has 2 unspecified atom stereocenters. The second-order valence-electron chi connectivity index (χ2n) is 7.93. The quantitative estimate of drug-likeness (QED) is 0.175. The summed E-state index contributed by atoms with van der Waals surface area (Å²) in [7, 11) is 0. The number of allylic oxidation sites excluding steroid dienone is 1. The highest BCUT2D eigenvalue weighted by molar-refractivity contribution is 8.00. The number of carboxylic acids is 1. The lowest BCUT2D eigenvalue weighted by Crippen LogP contribution is -2.69. The summed E-state index contributed by atoms with van der Waals surface area (Å²) in [5.41, 5.74) is 0.243. The minimum Gasteiger partial charge on any atom is -0.484 e. The number of likely N-dealkylation sites (tertiary alicyclic amines) is 1. The van der Waals surface area contributed by atoms with Gasteiger partial charge in [0, 0.05) is 11.8 Å². The molecule has 2 amide bonds. The number of hydrogen-bond acceptors (Lipinski definition) is 9. The van der Waals surface area contributed by atoms with E-state index >= 15 is 0 Å². The summed E-state index contributed by atoms with van der Waals surface area (Å²) in [6, 6.07) is 5.08. The maximum absolute atomic E-state index is 12.8. The van der Waals surface area contributed by atoms with Crippen LogP contribution in [0.4, 0.5) is 0 Å². The van der Waals surface area contributed by atoms with E-state index in [1.54, 1.807) is 39.8 Å². The van der Waals surface area contributed by atoms with Crippen LogP contribution in [-0.2, 0) is 28.7 Å². The molecule has 2 rings (SSSR count). The van der Waals surface area contributed by atoms with E-state index in [1.807, 2.05) is 0 Å². The second kappa shape index (κ2) is 12.8. The molecular weight excluding hydrogens is 480 g/mol. The van der Waals surface area contributed by atoms with E-state index in [4.69, 9.17) is 14.2 Å². The maximum Gasteiger partial charge on any atom is 0.352 e. The topological polar surface area (TPSA) is 149 Å². The third-order valence-electron chi connectivity index (χ3n) is 4.60. The Bertz CT molecular complexity index is 1000. The monoisotopic (exact) mass is 508 g/mol. The molecule has 190 valence electrons. The molecule has 0 radical (unpaired) electrons. The molecule has 2 N–H and O–H groups in total. The van der Waals surface area contributed by atoms with Gasteiger partial charge >= 0.3 is 11.9 Å². The van der Waals surface area contributed by atoms with Gasteiger partial charge in [-0.05, 0) is 45.4 Å². The molecule has 1 aliphatic rings. The standard InChI is InChI=1S/C23H28N2O9S/c1-13(2)20(23(30)31)25-21(29)19(22(25)35-9-8-18(28)34-14(3)4)24-17(27)11-32-15-6-5-7-16(10-15)33-12-26/h5-7,10,12,14,19,22H,8-9,11H2,1-4H3,(H,24,27)(H,30,31). The molecule has 1 fully saturated rings. The third kappa shape index (κ3) is 7.74. The van der Waals surface area contributed by atoms with Gasteiger partial charge < -0.3 is 24.6 Å². The number of nitrogens with zero attached hydrogens (tertiary/aromatic N) is 1. The van der Waals surface area contributed by atoms with Gasteiger partial charge in [-0.15, -0.1) is 11.8 Å². The van der Waals surface area contributed by atoms with Gasteiger partial charge in [-0.1, -0.05) is 6.07 Å². The number of nitrogens with one attached hydrogen (secondary N) is 1. The van der Waals surface area contributed by atoms with Crippen LogP contribution in [0.2, 0.25) is 0 Å². The maximum atomic E-state index is 12.8. The van der Waals surface area contributed by atoms with Crippen LogP contribution in [0.3, 0.4) is 0 Å². The van der Waals surface area contributed by atoms with E-state index in [0.29, 0.717) is 5.57 Å². The lowest BCUT2D eigenvalue weighted by atomic mass is 10.0. The number of thioether (sulfide) groups is 1. The van der Waals surface area contributed by atoms with Crippen LogP contribution in [0.1, 0.15) is 34.1 Å². The molecule has 1 saturated heterocycles. The lowest BCUT2D eigenvalue weighted by Gasteiger charge is -2.46. The van der Waals surface area contributed by atoms with Crippen molar-refractivity contribution in [1.82, 2.24) is 10.2 Å². The highest BCUT2D eigenvalue weighted by Gasteiger charge is 2.51. The SMILES string of the molecule is CC(C)=C(C(=O)O)N1C(=O)C(NC(=O)COc2cccc(OC=O)c2)C1SCCC(=O)OC(C)C. The number of benzene rings is 1. The molecule has 12 heteroatoms. The second-order valence-corrected chi connectivity index (χ2v) is 9.16. The van der Waals surface area contributed by atoms with Crippen LogP contribution in [0.5, 0.6) is 11.5 Å². The number of aliphatic carboxylic acids is 1. The van der Waals surface area contributed by atoms with Gasteiger partial charge in [-0.2, -0.15) is 0 Å². The van der Waals surface area contributed by atoms with Crippen LogP contribution in [0.25, 0.3) is 0 Å². The van der Waals surface area contributed by atoms with Crippen LogP contribution in [-0.4, -0.2) is 70.1 Å². The van der Waals surface area contributed by atoms with Gasteiger partial charge in [0.2, 0.25) is 0 Å². The normalized spacial score (nSPS) is 16.7. The van der Waals surface area contributed by atoms with Crippen molar-refractivity contribution in [3.8, 4) is 11.5 Å². The van der Waals surface area contributed by atoms with Gasteiger partial charge in [0.15, 0.2) is 6.61 Å². The Balaban J connectivity index is 2.06. The molecule has 1 heterocycles. The Morgan fingerprint density at radius 1 is 1.23 bits per heavy atom. The predicted octanol–water partition coefficient (Wildman–Crippen LogP) is 1.71. The van der Waals surface area contributed by atoms with Crippen molar-refractivity contribution in [2.24, 2.45) is 0 Å². The Hall–Kier alpha value is -3.54. The van der Waals surface area contributed by atoms with Crippen LogP contribution in [0, 0.1) is 0 Å². The summed E-state index contributed by atoms with van der Waals surface area (Å²) in [6.07, 6.45) is -0.210. The number of carboxylic acid groups (broad SMARTS) is 1. The molecule has 35 heavy (non-hydrogen) atoms. The molecule has 0 bridgehead atoms. The average molecular weight is 509 g/mol. The first kappa shape index (κ1) is 27.7. The first-order valence-electron chi connectivity index (χ1n) is 10.7. The minimum absolute atomic E-state index is 0.0571. The third-order valence-corrected chi connectivity index (χ3v) is 5.86. The molecule has 0 saturated carbocycles. The molecule has 1 aromatic carbocycles. The molecular formula is C23H28N2O9S. The molecule has 11 nitrogen and oxygen atoms in total. The van der Waals surface area contributed by atoms with E-state index in [2.05, 4.69) is 5.32 Å². The molecule has 0 aliphatic carbocycles. The zero-order valence-corrected chi connectivity index (χ0v) is 20.6. The Morgan fingerprint density at radius 3 is 2.51 bits per heavy atom. The number of β-lactam (4-membered cyclic amide) rings is 1. The first-order valence-corrected chi connectivity index (χ1v) is 11.8. The largest absolute Gasteiger partial charge is 0.484 e. The van der Waals surface area contributed by atoms with Crippen molar-refractivity contribution in [2.75, 3.05) is 12.4 Å². The van der Waals surface area contributed by atoms with Gasteiger partial charge in [0.1, 0.15) is 28.6 Å². The fraction of sp³-hybridized carbons (Fsp3) is 0.435. The average Bonchev–Trinajstić information content (AvgIpc) is 2.77. The highest BCUT2D eigenvalue weighted by atomic mass is 32.2. The summed E-state index contributed by atoms with van der Waals surface area (Å²) < 4.78 is 15.2. The van der Waals surface area contributed by atoms with Crippen LogP contribution in [0.15, 0.2) is 35.5 Å². The summed E-state index contributed by atoms with van der Waals surface area (Å²) in [5, 5.41) is 11.4. The number of carbonyl (C=O) groups excluding carboxylic acids is 4. The van der Waals surface area contributed by atoms with Gasteiger partial charge in [-0.3, -0.25) is 24.1 Å². The number of ether oxygens (including phenoxy) is 3. The summed E-state index contributed by atoms with van der Waals surface area (Å²) in [6.45, 7) is 6.43. The van der Waals surface area contributed by atoms with Crippen molar-refractivity contribution in [2.45, 2.75) is 51.6 Å².